The van der Waals surface area contributed by atoms with Crippen molar-refractivity contribution >= 4 is 10.9 Å². The first-order valence-electron chi connectivity index (χ1n) is 7.39. The number of hydrogen-bond acceptors (Lipinski definition) is 3. The van der Waals surface area contributed by atoms with Crippen molar-refractivity contribution in [1.29, 1.82) is 0 Å². The maximum Gasteiger partial charge on any atom is 0.252 e. The summed E-state index contributed by atoms with van der Waals surface area (Å²) in [6.45, 7) is 0. The molecule has 1 aromatic carbocycles. The summed E-state index contributed by atoms with van der Waals surface area (Å²) in [6.07, 6.45) is 1.73. The molecule has 1 fully saturated rings. The summed E-state index contributed by atoms with van der Waals surface area (Å²) in [7, 11) is 0. The van der Waals surface area contributed by atoms with Gasteiger partial charge in [0, 0.05) is 22.7 Å². The second-order valence-electron chi connectivity index (χ2n) is 5.87. The fraction of sp³-hybridized carbons (Fsp3) is 0.375. The Balaban J connectivity index is 1.74. The van der Waals surface area contributed by atoms with E-state index in [9.17, 15) is 8.78 Å². The Bertz CT molecular complexity index is 802. The van der Waals surface area contributed by atoms with Crippen molar-refractivity contribution in [1.82, 2.24) is 15.1 Å². The molecule has 6 heteroatoms. The van der Waals surface area contributed by atoms with E-state index >= 15 is 0 Å². The number of hydrogen-bond donors (Lipinski definition) is 1. The molecule has 0 aliphatic heterocycles. The van der Waals surface area contributed by atoms with Gasteiger partial charge in [-0.25, -0.2) is 8.78 Å². The van der Waals surface area contributed by atoms with Crippen LogP contribution < -0.4 is 0 Å². The minimum atomic E-state index is -2.48. The number of aromatic nitrogens is 3. The molecule has 2 heterocycles. The van der Waals surface area contributed by atoms with E-state index in [2.05, 4.69) is 15.1 Å². The van der Waals surface area contributed by atoms with Crippen LogP contribution in [0.3, 0.4) is 0 Å². The molecule has 0 unspecified atom stereocenters. The van der Waals surface area contributed by atoms with Gasteiger partial charge < -0.3 is 9.51 Å². The van der Waals surface area contributed by atoms with Crippen LogP contribution in [0.15, 0.2) is 35.0 Å². The number of benzene rings is 1. The predicted molar refractivity (Wildman–Crippen MR) is 77.7 cm³/mol. The highest BCUT2D eigenvalue weighted by molar-refractivity contribution is 5.83. The van der Waals surface area contributed by atoms with Crippen molar-refractivity contribution in [3.8, 4) is 11.4 Å². The third-order valence-corrected chi connectivity index (χ3v) is 4.58. The summed E-state index contributed by atoms with van der Waals surface area (Å²) in [5.74, 6) is 0.439. The van der Waals surface area contributed by atoms with E-state index < -0.39 is 11.8 Å². The van der Waals surface area contributed by atoms with Gasteiger partial charge in [-0.2, -0.15) is 4.98 Å². The standard InChI is InChI=1S/C16H15F2N3O/c17-14(18)16(6-1-2-7-16)15-20-13(21-22-15)11-3-4-12-10(9-11)5-8-19-12/h3-5,8-9,14,19H,1-2,6-7H2. The van der Waals surface area contributed by atoms with E-state index in [4.69, 9.17) is 4.52 Å². The van der Waals surface area contributed by atoms with Gasteiger partial charge in [-0.1, -0.05) is 18.0 Å². The average molecular weight is 303 g/mol. The van der Waals surface area contributed by atoms with E-state index in [1.54, 1.807) is 0 Å². The number of nitrogens with zero attached hydrogens (tertiary/aromatic N) is 2. The topological polar surface area (TPSA) is 54.7 Å². The van der Waals surface area contributed by atoms with E-state index in [0.29, 0.717) is 18.7 Å². The molecule has 4 nitrogen and oxygen atoms in total. The van der Waals surface area contributed by atoms with Crippen molar-refractivity contribution in [3.63, 3.8) is 0 Å². The fourth-order valence-corrected chi connectivity index (χ4v) is 3.27. The number of aromatic amines is 1. The lowest BCUT2D eigenvalue weighted by Crippen LogP contribution is -2.31. The lowest BCUT2D eigenvalue weighted by atomic mass is 9.86. The molecule has 4 rings (SSSR count). The van der Waals surface area contributed by atoms with Crippen LogP contribution in [0.1, 0.15) is 31.6 Å². The van der Waals surface area contributed by atoms with Gasteiger partial charge in [0.1, 0.15) is 5.41 Å². The molecule has 1 N–H and O–H groups in total. The van der Waals surface area contributed by atoms with Crippen LogP contribution in [-0.2, 0) is 5.41 Å². The molecule has 0 saturated heterocycles. The molecule has 0 amide bonds. The highest BCUT2D eigenvalue weighted by atomic mass is 19.3. The molecule has 1 saturated carbocycles. The van der Waals surface area contributed by atoms with Crippen LogP contribution in [0.4, 0.5) is 8.78 Å². The predicted octanol–water partition coefficient (Wildman–Crippen LogP) is 4.29. The minimum absolute atomic E-state index is 0.0733. The number of H-pyrrole nitrogens is 1. The number of halogens is 2. The minimum Gasteiger partial charge on any atom is -0.361 e. The second kappa shape index (κ2) is 4.90. The van der Waals surface area contributed by atoms with Gasteiger partial charge in [-0.15, -0.1) is 0 Å². The average Bonchev–Trinajstić information content (AvgIpc) is 3.25. The summed E-state index contributed by atoms with van der Waals surface area (Å²) in [4.78, 5) is 7.38. The Labute approximate surface area is 125 Å². The lowest BCUT2D eigenvalue weighted by molar-refractivity contribution is 0.0328. The third kappa shape index (κ3) is 1.94. The monoisotopic (exact) mass is 303 g/mol. The molecule has 1 aliphatic rings. The summed E-state index contributed by atoms with van der Waals surface area (Å²) >= 11 is 0. The quantitative estimate of drug-likeness (QED) is 0.785. The molecule has 0 radical (unpaired) electrons. The number of fused-ring (bicyclic) bond motifs is 1. The van der Waals surface area contributed by atoms with Crippen LogP contribution in [0.5, 0.6) is 0 Å². The Hall–Kier alpha value is -2.24. The number of rotatable bonds is 3. The molecule has 1 aliphatic carbocycles. The number of nitrogens with one attached hydrogen (secondary N) is 1. The van der Waals surface area contributed by atoms with Crippen LogP contribution in [0.2, 0.25) is 0 Å². The van der Waals surface area contributed by atoms with Crippen LogP contribution in [0.25, 0.3) is 22.3 Å². The molecule has 114 valence electrons. The first kappa shape index (κ1) is 13.4. The SMILES string of the molecule is FC(F)C1(c2nc(-c3ccc4[nH]ccc4c3)no2)CCCC1. The maximum atomic E-state index is 13.5. The highest BCUT2D eigenvalue weighted by Gasteiger charge is 2.48. The van der Waals surface area contributed by atoms with E-state index in [1.807, 2.05) is 30.5 Å². The van der Waals surface area contributed by atoms with Gasteiger partial charge in [-0.3, -0.25) is 0 Å². The molecular formula is C16H15F2N3O. The van der Waals surface area contributed by atoms with Crippen LogP contribution >= 0.6 is 0 Å². The smallest absolute Gasteiger partial charge is 0.252 e. The van der Waals surface area contributed by atoms with Gasteiger partial charge in [-0.05, 0) is 37.1 Å². The Morgan fingerprint density at radius 2 is 2.00 bits per heavy atom. The van der Waals surface area contributed by atoms with Crippen molar-refractivity contribution < 1.29 is 13.3 Å². The van der Waals surface area contributed by atoms with E-state index in [1.165, 1.54) is 0 Å². The van der Waals surface area contributed by atoms with Gasteiger partial charge in [0.05, 0.1) is 0 Å². The van der Waals surface area contributed by atoms with E-state index in [0.717, 1.165) is 29.3 Å². The summed E-state index contributed by atoms with van der Waals surface area (Å²) in [5, 5.41) is 4.94. The molecule has 3 aromatic rings. The number of alkyl halides is 2. The van der Waals surface area contributed by atoms with Gasteiger partial charge >= 0.3 is 0 Å². The zero-order chi connectivity index (χ0) is 15.2. The van der Waals surface area contributed by atoms with E-state index in [-0.39, 0.29) is 5.89 Å². The van der Waals surface area contributed by atoms with Crippen molar-refractivity contribution in [3.05, 3.63) is 36.4 Å². The summed E-state index contributed by atoms with van der Waals surface area (Å²) in [6, 6.07) is 7.64. The van der Waals surface area contributed by atoms with Crippen LogP contribution in [0, 0.1) is 0 Å². The van der Waals surface area contributed by atoms with Crippen molar-refractivity contribution in [2.75, 3.05) is 0 Å². The molecule has 22 heavy (non-hydrogen) atoms. The Kier molecular flexibility index (Phi) is 2.99. The maximum absolute atomic E-state index is 13.5. The van der Waals surface area contributed by atoms with Crippen molar-refractivity contribution in [2.24, 2.45) is 0 Å². The van der Waals surface area contributed by atoms with Gasteiger partial charge in [0.15, 0.2) is 0 Å². The molecular weight excluding hydrogens is 288 g/mol. The van der Waals surface area contributed by atoms with Crippen LogP contribution in [-0.4, -0.2) is 21.6 Å². The first-order valence-corrected chi connectivity index (χ1v) is 7.39. The molecule has 2 aromatic heterocycles. The second-order valence-corrected chi connectivity index (χ2v) is 5.87. The lowest BCUT2D eigenvalue weighted by Gasteiger charge is -2.22. The Morgan fingerprint density at radius 3 is 2.77 bits per heavy atom. The van der Waals surface area contributed by atoms with Gasteiger partial charge in [0.2, 0.25) is 11.7 Å². The first-order chi connectivity index (χ1) is 10.7. The third-order valence-electron chi connectivity index (χ3n) is 4.58. The summed E-state index contributed by atoms with van der Waals surface area (Å²) in [5.41, 5.74) is 0.514. The van der Waals surface area contributed by atoms with Gasteiger partial charge in [0.25, 0.3) is 6.43 Å². The van der Waals surface area contributed by atoms with Crippen molar-refractivity contribution in [2.45, 2.75) is 37.5 Å². The highest BCUT2D eigenvalue weighted by Crippen LogP contribution is 2.45. The zero-order valence-corrected chi connectivity index (χ0v) is 11.9. The largest absolute Gasteiger partial charge is 0.361 e. The molecule has 0 atom stereocenters. The normalized spacial score (nSPS) is 17.6. The zero-order valence-electron chi connectivity index (χ0n) is 11.9. The molecule has 0 bridgehead atoms. The molecule has 0 spiro atoms. The summed E-state index contributed by atoms with van der Waals surface area (Å²) < 4.78 is 32.3. The Morgan fingerprint density at radius 1 is 1.18 bits per heavy atom. The fourth-order valence-electron chi connectivity index (χ4n) is 3.27.